The van der Waals surface area contributed by atoms with Crippen LogP contribution in [0.1, 0.15) is 28.1 Å². The van der Waals surface area contributed by atoms with Gasteiger partial charge in [-0.3, -0.25) is 4.99 Å². The molecule has 166 valence electrons. The molecule has 2 aromatic carbocycles. The first-order valence-corrected chi connectivity index (χ1v) is 9.51. The third-order valence-corrected chi connectivity index (χ3v) is 4.67. The van der Waals surface area contributed by atoms with Crippen molar-refractivity contribution in [1.82, 2.24) is 20.2 Å². The SMILES string of the molecule is CN=C(NCc1cccc(Cn2ccnc2C)c1)NCc1cccc(C(F)(F)F)c1.I. The number of alkyl halides is 3. The van der Waals surface area contributed by atoms with Gasteiger partial charge in [0.2, 0.25) is 0 Å². The monoisotopic (exact) mass is 543 g/mol. The Labute approximate surface area is 196 Å². The maximum absolute atomic E-state index is 12.9. The lowest BCUT2D eigenvalue weighted by molar-refractivity contribution is -0.137. The number of hydrogen-bond donors (Lipinski definition) is 2. The van der Waals surface area contributed by atoms with E-state index in [1.165, 1.54) is 6.07 Å². The van der Waals surface area contributed by atoms with E-state index in [2.05, 4.69) is 37.3 Å². The molecule has 0 saturated carbocycles. The van der Waals surface area contributed by atoms with Crippen LogP contribution in [0.5, 0.6) is 0 Å². The number of guanidine groups is 1. The lowest BCUT2D eigenvalue weighted by Gasteiger charge is -2.14. The van der Waals surface area contributed by atoms with E-state index in [0.29, 0.717) is 18.1 Å². The summed E-state index contributed by atoms with van der Waals surface area (Å²) >= 11 is 0. The van der Waals surface area contributed by atoms with Crippen molar-refractivity contribution in [2.45, 2.75) is 32.7 Å². The highest BCUT2D eigenvalue weighted by atomic mass is 127. The molecule has 9 heteroatoms. The summed E-state index contributed by atoms with van der Waals surface area (Å²) in [6.45, 7) is 3.48. The van der Waals surface area contributed by atoms with Gasteiger partial charge in [0.15, 0.2) is 5.96 Å². The fourth-order valence-corrected chi connectivity index (χ4v) is 3.06. The van der Waals surface area contributed by atoms with Crippen molar-refractivity contribution >= 4 is 29.9 Å². The Hall–Kier alpha value is -2.56. The zero-order valence-corrected chi connectivity index (χ0v) is 19.6. The molecule has 0 bridgehead atoms. The van der Waals surface area contributed by atoms with Crippen LogP contribution in [0.25, 0.3) is 0 Å². The number of nitrogens with one attached hydrogen (secondary N) is 2. The van der Waals surface area contributed by atoms with E-state index in [-0.39, 0.29) is 30.5 Å². The molecule has 1 heterocycles. The van der Waals surface area contributed by atoms with Crippen LogP contribution in [0.2, 0.25) is 0 Å². The molecule has 0 unspecified atom stereocenters. The van der Waals surface area contributed by atoms with E-state index in [1.807, 2.05) is 25.3 Å². The van der Waals surface area contributed by atoms with Gasteiger partial charge in [0.25, 0.3) is 0 Å². The number of rotatable bonds is 6. The quantitative estimate of drug-likeness (QED) is 0.269. The summed E-state index contributed by atoms with van der Waals surface area (Å²) in [5.74, 6) is 1.47. The first kappa shape index (κ1) is 24.7. The third kappa shape index (κ3) is 7.27. The van der Waals surface area contributed by atoms with Crippen molar-refractivity contribution in [3.05, 3.63) is 89.0 Å². The van der Waals surface area contributed by atoms with Gasteiger partial charge < -0.3 is 15.2 Å². The average molecular weight is 543 g/mol. The summed E-state index contributed by atoms with van der Waals surface area (Å²) in [6.07, 6.45) is -0.628. The smallest absolute Gasteiger partial charge is 0.352 e. The molecule has 0 aliphatic rings. The van der Waals surface area contributed by atoms with Crippen LogP contribution in [0, 0.1) is 6.92 Å². The number of benzene rings is 2. The van der Waals surface area contributed by atoms with Crippen LogP contribution in [0.4, 0.5) is 13.2 Å². The maximum atomic E-state index is 12.9. The number of aromatic nitrogens is 2. The van der Waals surface area contributed by atoms with Gasteiger partial charge in [-0.2, -0.15) is 13.2 Å². The van der Waals surface area contributed by atoms with Crippen molar-refractivity contribution in [1.29, 1.82) is 0 Å². The van der Waals surface area contributed by atoms with Crippen molar-refractivity contribution in [3.8, 4) is 0 Å². The van der Waals surface area contributed by atoms with Crippen LogP contribution < -0.4 is 10.6 Å². The molecule has 0 aliphatic heterocycles. The highest BCUT2D eigenvalue weighted by Gasteiger charge is 2.30. The van der Waals surface area contributed by atoms with Crippen molar-refractivity contribution in [2.75, 3.05) is 7.05 Å². The second-order valence-corrected chi connectivity index (χ2v) is 6.90. The molecule has 0 fully saturated rings. The predicted molar refractivity (Wildman–Crippen MR) is 126 cm³/mol. The minimum absolute atomic E-state index is 0. The first-order chi connectivity index (χ1) is 14.3. The van der Waals surface area contributed by atoms with Crippen molar-refractivity contribution < 1.29 is 13.2 Å². The van der Waals surface area contributed by atoms with E-state index in [4.69, 9.17) is 0 Å². The summed E-state index contributed by atoms with van der Waals surface area (Å²) < 4.78 is 40.6. The Morgan fingerprint density at radius 1 is 1.00 bits per heavy atom. The zero-order chi connectivity index (χ0) is 21.6. The average Bonchev–Trinajstić information content (AvgIpc) is 3.12. The van der Waals surface area contributed by atoms with Gasteiger partial charge in [0.05, 0.1) is 5.56 Å². The van der Waals surface area contributed by atoms with Gasteiger partial charge in [-0.1, -0.05) is 36.4 Å². The van der Waals surface area contributed by atoms with Gasteiger partial charge in [0, 0.05) is 39.1 Å². The lowest BCUT2D eigenvalue weighted by Crippen LogP contribution is -2.36. The van der Waals surface area contributed by atoms with Crippen molar-refractivity contribution in [2.24, 2.45) is 4.99 Å². The zero-order valence-electron chi connectivity index (χ0n) is 17.3. The van der Waals surface area contributed by atoms with Crippen LogP contribution in [-0.4, -0.2) is 22.6 Å². The molecule has 0 radical (unpaired) electrons. The Morgan fingerprint density at radius 2 is 1.61 bits per heavy atom. The topological polar surface area (TPSA) is 54.2 Å². The lowest BCUT2D eigenvalue weighted by atomic mass is 10.1. The first-order valence-electron chi connectivity index (χ1n) is 9.51. The standard InChI is InChI=1S/C22H24F3N5.HI/c1-16-27-9-10-30(16)15-19-7-3-5-17(11-19)13-28-21(26-2)29-14-18-6-4-8-20(12-18)22(23,24)25;/h3-12H,13-15H2,1-2H3,(H2,26,28,29);1H. The Balaban J connectivity index is 0.00000341. The highest BCUT2D eigenvalue weighted by Crippen LogP contribution is 2.29. The number of halogens is 4. The Morgan fingerprint density at radius 3 is 2.19 bits per heavy atom. The predicted octanol–water partition coefficient (Wildman–Crippen LogP) is 4.74. The summed E-state index contributed by atoms with van der Waals surface area (Å²) in [5.41, 5.74) is 2.11. The number of hydrogen-bond acceptors (Lipinski definition) is 2. The van der Waals surface area contributed by atoms with Gasteiger partial charge in [-0.15, -0.1) is 24.0 Å². The van der Waals surface area contributed by atoms with E-state index >= 15 is 0 Å². The van der Waals surface area contributed by atoms with Crippen LogP contribution in [0.15, 0.2) is 65.9 Å². The molecule has 0 saturated heterocycles. The molecular formula is C22H25F3IN5. The van der Waals surface area contributed by atoms with Gasteiger partial charge in [0.1, 0.15) is 5.82 Å². The Bertz CT molecular complexity index is 1010. The highest BCUT2D eigenvalue weighted by molar-refractivity contribution is 14.0. The second kappa shape index (κ2) is 11.2. The fourth-order valence-electron chi connectivity index (χ4n) is 3.06. The third-order valence-electron chi connectivity index (χ3n) is 4.67. The van der Waals surface area contributed by atoms with E-state index in [0.717, 1.165) is 35.6 Å². The molecular weight excluding hydrogens is 518 g/mol. The van der Waals surface area contributed by atoms with Gasteiger partial charge in [-0.25, -0.2) is 4.98 Å². The largest absolute Gasteiger partial charge is 0.416 e. The normalized spacial score (nSPS) is 11.7. The molecule has 5 nitrogen and oxygen atoms in total. The molecule has 0 atom stereocenters. The molecule has 3 rings (SSSR count). The van der Waals surface area contributed by atoms with Gasteiger partial charge in [-0.05, 0) is 35.7 Å². The number of imidazole rings is 1. The van der Waals surface area contributed by atoms with Crippen LogP contribution in [-0.2, 0) is 25.8 Å². The molecule has 1 aromatic heterocycles. The van der Waals surface area contributed by atoms with Crippen molar-refractivity contribution in [3.63, 3.8) is 0 Å². The van der Waals surface area contributed by atoms with Gasteiger partial charge >= 0.3 is 6.18 Å². The van der Waals surface area contributed by atoms with E-state index in [9.17, 15) is 13.2 Å². The van der Waals surface area contributed by atoms with E-state index in [1.54, 1.807) is 19.3 Å². The van der Waals surface area contributed by atoms with Crippen LogP contribution >= 0.6 is 24.0 Å². The van der Waals surface area contributed by atoms with Crippen LogP contribution in [0.3, 0.4) is 0 Å². The second-order valence-electron chi connectivity index (χ2n) is 6.90. The molecule has 0 aliphatic carbocycles. The minimum atomic E-state index is -4.35. The number of aliphatic imine (C=N–C) groups is 1. The molecule has 3 aromatic rings. The molecule has 2 N–H and O–H groups in total. The molecule has 0 spiro atoms. The summed E-state index contributed by atoms with van der Waals surface area (Å²) in [6, 6.07) is 13.4. The fraction of sp³-hybridized carbons (Fsp3) is 0.273. The summed E-state index contributed by atoms with van der Waals surface area (Å²) in [4.78, 5) is 8.38. The number of aryl methyl sites for hydroxylation is 1. The summed E-state index contributed by atoms with van der Waals surface area (Å²) in [5, 5.41) is 6.25. The number of nitrogens with zero attached hydrogens (tertiary/aromatic N) is 3. The molecule has 31 heavy (non-hydrogen) atoms. The minimum Gasteiger partial charge on any atom is -0.352 e. The maximum Gasteiger partial charge on any atom is 0.416 e. The summed E-state index contributed by atoms with van der Waals surface area (Å²) in [7, 11) is 1.62. The van der Waals surface area contributed by atoms with E-state index < -0.39 is 11.7 Å². The molecule has 0 amide bonds. The Kier molecular flexibility index (Phi) is 8.90.